The Morgan fingerprint density at radius 3 is 2.64 bits per heavy atom. The minimum absolute atomic E-state index is 0.126. The molecule has 1 aliphatic rings. The van der Waals surface area contributed by atoms with Crippen LogP contribution in [-0.2, 0) is 4.79 Å². The summed E-state index contributed by atoms with van der Waals surface area (Å²) in [5.41, 5.74) is -0.109. The molecule has 4 nitrogen and oxygen atoms in total. The van der Waals surface area contributed by atoms with Crippen molar-refractivity contribution in [3.63, 3.8) is 0 Å². The molecule has 1 atom stereocenters. The number of benzene rings is 2. The largest absolute Gasteiger partial charge is 0.387 e. The summed E-state index contributed by atoms with van der Waals surface area (Å²) in [5.74, 6) is -0.263. The number of amides is 1. The molecular formula is C18H18N2O2. The van der Waals surface area contributed by atoms with Gasteiger partial charge in [0.15, 0.2) is 0 Å². The van der Waals surface area contributed by atoms with Gasteiger partial charge in [0.25, 0.3) is 0 Å². The van der Waals surface area contributed by atoms with Gasteiger partial charge in [-0.05, 0) is 41.7 Å². The summed E-state index contributed by atoms with van der Waals surface area (Å²) in [6.07, 6.45) is 1.36. The number of fused-ring (bicyclic) bond motifs is 1. The van der Waals surface area contributed by atoms with Crippen LogP contribution in [0.1, 0.15) is 30.9 Å². The van der Waals surface area contributed by atoms with E-state index < -0.39 is 11.5 Å². The van der Waals surface area contributed by atoms with Gasteiger partial charge < -0.3 is 10.4 Å². The van der Waals surface area contributed by atoms with Gasteiger partial charge in [0.1, 0.15) is 5.41 Å². The lowest BCUT2D eigenvalue weighted by Crippen LogP contribution is -2.45. The number of rotatable bonds is 4. The van der Waals surface area contributed by atoms with Gasteiger partial charge in [0.2, 0.25) is 5.91 Å². The van der Waals surface area contributed by atoms with Crippen LogP contribution in [0.3, 0.4) is 0 Å². The van der Waals surface area contributed by atoms with E-state index >= 15 is 0 Å². The Kier molecular flexibility index (Phi) is 3.82. The number of nitriles is 1. The monoisotopic (exact) mass is 294 g/mol. The number of carbonyl (C=O) groups is 1. The normalized spacial score (nSPS) is 17.3. The Morgan fingerprint density at radius 2 is 2.00 bits per heavy atom. The maximum atomic E-state index is 12.1. The van der Waals surface area contributed by atoms with Crippen LogP contribution in [0.5, 0.6) is 0 Å². The van der Waals surface area contributed by atoms with Crippen LogP contribution in [0.4, 0.5) is 0 Å². The second-order valence-corrected chi connectivity index (χ2v) is 5.88. The lowest BCUT2D eigenvalue weighted by atomic mass is 9.69. The Balaban J connectivity index is 1.67. The fourth-order valence-corrected chi connectivity index (χ4v) is 2.81. The highest BCUT2D eigenvalue weighted by Gasteiger charge is 2.44. The second kappa shape index (κ2) is 5.78. The van der Waals surface area contributed by atoms with E-state index in [2.05, 4.69) is 11.4 Å². The van der Waals surface area contributed by atoms with Gasteiger partial charge in [0, 0.05) is 6.54 Å². The van der Waals surface area contributed by atoms with Crippen LogP contribution in [0.15, 0.2) is 42.5 Å². The third kappa shape index (κ3) is 2.56. The second-order valence-electron chi connectivity index (χ2n) is 5.88. The Labute approximate surface area is 129 Å². The number of carbonyl (C=O) groups excluding carboxylic acids is 1. The van der Waals surface area contributed by atoms with Crippen molar-refractivity contribution in [1.82, 2.24) is 5.32 Å². The van der Waals surface area contributed by atoms with Gasteiger partial charge in [-0.15, -0.1) is 0 Å². The highest BCUT2D eigenvalue weighted by atomic mass is 16.3. The molecule has 0 heterocycles. The minimum atomic E-state index is -0.872. The molecule has 1 saturated carbocycles. The van der Waals surface area contributed by atoms with Crippen LogP contribution in [0.2, 0.25) is 0 Å². The molecule has 2 aromatic carbocycles. The zero-order valence-corrected chi connectivity index (χ0v) is 12.2. The molecule has 1 aliphatic carbocycles. The molecule has 4 heteroatoms. The molecule has 0 aromatic heterocycles. The maximum Gasteiger partial charge on any atom is 0.240 e. The van der Waals surface area contributed by atoms with Crippen molar-refractivity contribution < 1.29 is 9.90 Å². The van der Waals surface area contributed by atoms with Crippen molar-refractivity contribution in [3.05, 3.63) is 48.0 Å². The van der Waals surface area contributed by atoms with Crippen LogP contribution >= 0.6 is 0 Å². The predicted molar refractivity (Wildman–Crippen MR) is 83.8 cm³/mol. The Morgan fingerprint density at radius 1 is 1.27 bits per heavy atom. The van der Waals surface area contributed by atoms with Crippen LogP contribution in [-0.4, -0.2) is 17.6 Å². The van der Waals surface area contributed by atoms with E-state index in [4.69, 9.17) is 5.26 Å². The van der Waals surface area contributed by atoms with Crippen molar-refractivity contribution in [2.75, 3.05) is 6.54 Å². The Hall–Kier alpha value is -2.38. The van der Waals surface area contributed by atoms with Gasteiger partial charge in [-0.3, -0.25) is 4.79 Å². The van der Waals surface area contributed by atoms with E-state index in [1.54, 1.807) is 0 Å². The van der Waals surface area contributed by atoms with Gasteiger partial charge in [-0.1, -0.05) is 36.4 Å². The van der Waals surface area contributed by atoms with Crippen LogP contribution < -0.4 is 5.32 Å². The van der Waals surface area contributed by atoms with Crippen molar-refractivity contribution in [1.29, 1.82) is 5.26 Å². The number of hydrogen-bond acceptors (Lipinski definition) is 3. The third-order valence-electron chi connectivity index (χ3n) is 4.47. The fourth-order valence-electron chi connectivity index (χ4n) is 2.81. The molecule has 2 N–H and O–H groups in total. The number of nitrogens with zero attached hydrogens (tertiary/aromatic N) is 1. The summed E-state index contributed by atoms with van der Waals surface area (Å²) in [7, 11) is 0. The fraction of sp³-hybridized carbons (Fsp3) is 0.333. The molecule has 112 valence electrons. The number of nitrogens with one attached hydrogen (secondary N) is 1. The van der Waals surface area contributed by atoms with Gasteiger partial charge in [-0.2, -0.15) is 5.26 Å². The van der Waals surface area contributed by atoms with Crippen LogP contribution in [0, 0.1) is 16.7 Å². The molecular weight excluding hydrogens is 276 g/mol. The first-order chi connectivity index (χ1) is 10.6. The summed E-state index contributed by atoms with van der Waals surface area (Å²) >= 11 is 0. The predicted octanol–water partition coefficient (Wildman–Crippen LogP) is 2.68. The lowest BCUT2D eigenvalue weighted by molar-refractivity contribution is -0.132. The summed E-state index contributed by atoms with van der Waals surface area (Å²) < 4.78 is 0. The maximum absolute atomic E-state index is 12.1. The van der Waals surface area contributed by atoms with Gasteiger partial charge in [0.05, 0.1) is 12.2 Å². The van der Waals surface area contributed by atoms with E-state index in [1.807, 2.05) is 42.5 Å². The molecule has 2 aromatic rings. The third-order valence-corrected chi connectivity index (χ3v) is 4.47. The number of aliphatic hydroxyl groups excluding tert-OH is 1. The van der Waals surface area contributed by atoms with E-state index in [-0.39, 0.29) is 12.5 Å². The molecule has 0 saturated heterocycles. The highest BCUT2D eigenvalue weighted by molar-refractivity contribution is 5.86. The quantitative estimate of drug-likeness (QED) is 0.910. The number of aliphatic hydroxyl groups is 1. The van der Waals surface area contributed by atoms with Crippen molar-refractivity contribution in [2.45, 2.75) is 25.4 Å². The van der Waals surface area contributed by atoms with Crippen molar-refractivity contribution >= 4 is 16.7 Å². The number of hydrogen-bond donors (Lipinski definition) is 2. The first-order valence-corrected chi connectivity index (χ1v) is 7.51. The highest BCUT2D eigenvalue weighted by Crippen LogP contribution is 2.40. The molecule has 1 unspecified atom stereocenters. The topological polar surface area (TPSA) is 73.1 Å². The average molecular weight is 294 g/mol. The van der Waals surface area contributed by atoms with Crippen molar-refractivity contribution in [2.24, 2.45) is 5.41 Å². The van der Waals surface area contributed by atoms with Gasteiger partial charge >= 0.3 is 0 Å². The Bertz CT molecular complexity index is 744. The zero-order chi connectivity index (χ0) is 15.6. The summed E-state index contributed by atoms with van der Waals surface area (Å²) in [6, 6.07) is 15.8. The molecule has 3 rings (SSSR count). The first-order valence-electron chi connectivity index (χ1n) is 7.51. The summed E-state index contributed by atoms with van der Waals surface area (Å²) in [4.78, 5) is 12.1. The molecule has 1 amide bonds. The van der Waals surface area contributed by atoms with E-state index in [1.165, 1.54) is 0 Å². The zero-order valence-electron chi connectivity index (χ0n) is 12.2. The lowest BCUT2D eigenvalue weighted by Gasteiger charge is -2.33. The van der Waals surface area contributed by atoms with Crippen molar-refractivity contribution in [3.8, 4) is 6.07 Å². The standard InChI is InChI=1S/C18H18N2O2/c19-12-18(8-3-9-18)17(22)20-11-16(21)15-7-6-13-4-1-2-5-14(13)10-15/h1-2,4-7,10,16,21H,3,8-9,11H2,(H,20,22). The summed E-state index contributed by atoms with van der Waals surface area (Å²) in [5, 5.41) is 24.3. The SMILES string of the molecule is N#CC1(C(=O)NCC(O)c2ccc3ccccc3c2)CCC1. The molecule has 1 fully saturated rings. The molecule has 22 heavy (non-hydrogen) atoms. The van der Waals surface area contributed by atoms with E-state index in [0.717, 1.165) is 22.8 Å². The molecule has 0 spiro atoms. The average Bonchev–Trinajstić information content (AvgIpc) is 2.51. The smallest absolute Gasteiger partial charge is 0.240 e. The molecule has 0 aliphatic heterocycles. The van der Waals surface area contributed by atoms with Crippen LogP contribution in [0.25, 0.3) is 10.8 Å². The summed E-state index contributed by atoms with van der Waals surface area (Å²) in [6.45, 7) is 0.126. The van der Waals surface area contributed by atoms with Gasteiger partial charge in [-0.25, -0.2) is 0 Å². The van der Waals surface area contributed by atoms with E-state index in [9.17, 15) is 9.90 Å². The molecule has 0 radical (unpaired) electrons. The first kappa shape index (κ1) is 14.6. The molecule has 0 bridgehead atoms. The minimum Gasteiger partial charge on any atom is -0.387 e. The van der Waals surface area contributed by atoms with E-state index in [0.29, 0.717) is 12.8 Å².